The number of allylic oxidation sites excluding steroid dienone is 4. The summed E-state index contributed by atoms with van der Waals surface area (Å²) in [6.45, 7) is 11.1. The predicted molar refractivity (Wildman–Crippen MR) is 127 cm³/mol. The number of hydrogen-bond donors (Lipinski definition) is 0. The Kier molecular flexibility index (Phi) is 5.28. The van der Waals surface area contributed by atoms with E-state index < -0.39 is 0 Å². The highest BCUT2D eigenvalue weighted by Gasteiger charge is 2.16. The lowest BCUT2D eigenvalue weighted by molar-refractivity contribution is 0.981. The van der Waals surface area contributed by atoms with Gasteiger partial charge in [-0.15, -0.1) is 0 Å². The van der Waals surface area contributed by atoms with Gasteiger partial charge in [-0.2, -0.15) is 0 Å². The number of benzene rings is 3. The van der Waals surface area contributed by atoms with Gasteiger partial charge in [-0.1, -0.05) is 71.8 Å². The van der Waals surface area contributed by atoms with Crippen molar-refractivity contribution >= 4 is 11.1 Å². The van der Waals surface area contributed by atoms with E-state index in [0.29, 0.717) is 0 Å². The van der Waals surface area contributed by atoms with Crippen LogP contribution in [0.2, 0.25) is 0 Å². The molecule has 0 saturated carbocycles. The van der Waals surface area contributed by atoms with Gasteiger partial charge in [0.25, 0.3) is 0 Å². The Bertz CT molecular complexity index is 1140. The molecule has 1 aliphatic carbocycles. The van der Waals surface area contributed by atoms with Gasteiger partial charge >= 0.3 is 0 Å². The third-order valence-electron chi connectivity index (χ3n) is 6.26. The molecule has 3 aromatic rings. The van der Waals surface area contributed by atoms with E-state index in [2.05, 4.69) is 101 Å². The number of aryl methyl sites for hydroxylation is 4. The fourth-order valence-electron chi connectivity index (χ4n) is 4.46. The topological polar surface area (TPSA) is 0 Å². The van der Waals surface area contributed by atoms with Crippen molar-refractivity contribution in [2.45, 2.75) is 47.5 Å². The van der Waals surface area contributed by atoms with Crippen LogP contribution in [0.4, 0.5) is 0 Å². The van der Waals surface area contributed by atoms with Crippen LogP contribution in [-0.4, -0.2) is 0 Å². The third-order valence-corrected chi connectivity index (χ3v) is 6.26. The van der Waals surface area contributed by atoms with Gasteiger partial charge in [-0.3, -0.25) is 0 Å². The first-order valence-corrected chi connectivity index (χ1v) is 10.6. The molecule has 0 fully saturated rings. The fourth-order valence-corrected chi connectivity index (χ4v) is 4.46. The number of rotatable bonds is 3. The molecule has 0 aromatic heterocycles. The summed E-state index contributed by atoms with van der Waals surface area (Å²) in [5.41, 5.74) is 15.1. The summed E-state index contributed by atoms with van der Waals surface area (Å²) in [5.74, 6) is 0. The summed E-state index contributed by atoms with van der Waals surface area (Å²) < 4.78 is 0. The Morgan fingerprint density at radius 3 is 2.10 bits per heavy atom. The molecule has 29 heavy (non-hydrogen) atoms. The molecule has 0 bridgehead atoms. The minimum absolute atomic E-state index is 1.11. The molecule has 0 aliphatic heterocycles. The van der Waals surface area contributed by atoms with Crippen molar-refractivity contribution in [3.05, 3.63) is 106 Å². The van der Waals surface area contributed by atoms with Gasteiger partial charge in [-0.05, 0) is 104 Å². The Balaban J connectivity index is 1.79. The van der Waals surface area contributed by atoms with Gasteiger partial charge in [0.1, 0.15) is 0 Å². The van der Waals surface area contributed by atoms with Crippen LogP contribution >= 0.6 is 0 Å². The molecule has 146 valence electrons. The number of hydrogen-bond acceptors (Lipinski definition) is 0. The van der Waals surface area contributed by atoms with E-state index in [-0.39, 0.29) is 0 Å². The Hall–Kier alpha value is -2.86. The molecule has 3 aromatic carbocycles. The van der Waals surface area contributed by atoms with Crippen LogP contribution in [0, 0.1) is 27.7 Å². The molecule has 0 atom stereocenters. The van der Waals surface area contributed by atoms with Gasteiger partial charge in [0.2, 0.25) is 0 Å². The summed E-state index contributed by atoms with van der Waals surface area (Å²) >= 11 is 0. The van der Waals surface area contributed by atoms with Gasteiger partial charge < -0.3 is 0 Å². The van der Waals surface area contributed by atoms with Crippen LogP contribution in [0.5, 0.6) is 0 Å². The van der Waals surface area contributed by atoms with Gasteiger partial charge in [0.05, 0.1) is 0 Å². The van der Waals surface area contributed by atoms with Crippen molar-refractivity contribution in [3.8, 4) is 11.1 Å². The summed E-state index contributed by atoms with van der Waals surface area (Å²) in [6, 6.07) is 22.5. The van der Waals surface area contributed by atoms with Gasteiger partial charge in [-0.25, -0.2) is 0 Å². The average Bonchev–Trinajstić information content (AvgIpc) is 2.70. The quantitative estimate of drug-likeness (QED) is 0.430. The van der Waals surface area contributed by atoms with E-state index in [0.717, 1.165) is 12.8 Å². The van der Waals surface area contributed by atoms with Crippen molar-refractivity contribution < 1.29 is 0 Å². The molecule has 4 rings (SSSR count). The van der Waals surface area contributed by atoms with E-state index in [9.17, 15) is 0 Å². The second kappa shape index (κ2) is 7.87. The summed E-state index contributed by atoms with van der Waals surface area (Å²) in [7, 11) is 0. The van der Waals surface area contributed by atoms with E-state index in [1.54, 1.807) is 0 Å². The smallest absolute Gasteiger partial charge is 0.0146 e. The van der Waals surface area contributed by atoms with E-state index >= 15 is 0 Å². The van der Waals surface area contributed by atoms with Gasteiger partial charge in [0.15, 0.2) is 0 Å². The van der Waals surface area contributed by atoms with E-state index in [4.69, 9.17) is 0 Å². The van der Waals surface area contributed by atoms with Crippen LogP contribution in [0.25, 0.3) is 22.3 Å². The summed E-state index contributed by atoms with van der Waals surface area (Å²) in [6.07, 6.45) is 4.67. The first-order chi connectivity index (χ1) is 13.9. The van der Waals surface area contributed by atoms with Crippen molar-refractivity contribution in [2.75, 3.05) is 0 Å². The van der Waals surface area contributed by atoms with Gasteiger partial charge in [0, 0.05) is 0 Å². The molecule has 0 amide bonds. The molecule has 1 aliphatic rings. The SMILES string of the molecule is CC1=C(c2ccc(C)cc2C)C=C(c2ccc(C)c(-c3ccccc3C)c2)CC1. The van der Waals surface area contributed by atoms with Crippen molar-refractivity contribution in [3.63, 3.8) is 0 Å². The summed E-state index contributed by atoms with van der Waals surface area (Å²) in [4.78, 5) is 0. The maximum Gasteiger partial charge on any atom is -0.0146 e. The minimum Gasteiger partial charge on any atom is -0.0651 e. The lowest BCUT2D eigenvalue weighted by Crippen LogP contribution is -2.00. The second-order valence-corrected chi connectivity index (χ2v) is 8.53. The minimum atomic E-state index is 1.11. The third kappa shape index (κ3) is 3.85. The Labute approximate surface area is 175 Å². The lowest BCUT2D eigenvalue weighted by atomic mass is 9.84. The molecule has 0 heterocycles. The highest BCUT2D eigenvalue weighted by molar-refractivity contribution is 5.89. The van der Waals surface area contributed by atoms with E-state index in [1.165, 1.54) is 61.2 Å². The maximum absolute atomic E-state index is 2.43. The standard InChI is InChI=1S/C29H30/c1-19-10-15-27(23(5)16-19)29-18-25(14-12-22(29)4)24-13-11-21(3)28(17-24)26-9-7-6-8-20(26)2/h6-11,13,15-18H,12,14H2,1-5H3. The van der Waals surface area contributed by atoms with E-state index in [1.807, 2.05) is 0 Å². The largest absolute Gasteiger partial charge is 0.0651 e. The molecular formula is C29H30. The lowest BCUT2D eigenvalue weighted by Gasteiger charge is -2.21. The van der Waals surface area contributed by atoms with Crippen molar-refractivity contribution in [1.82, 2.24) is 0 Å². The van der Waals surface area contributed by atoms with Crippen LogP contribution in [0.1, 0.15) is 53.1 Å². The molecule has 0 radical (unpaired) electrons. The first-order valence-electron chi connectivity index (χ1n) is 10.6. The van der Waals surface area contributed by atoms with Crippen molar-refractivity contribution in [1.29, 1.82) is 0 Å². The zero-order valence-corrected chi connectivity index (χ0v) is 18.3. The Morgan fingerprint density at radius 1 is 0.586 bits per heavy atom. The molecule has 0 N–H and O–H groups in total. The van der Waals surface area contributed by atoms with Crippen LogP contribution in [0.3, 0.4) is 0 Å². The van der Waals surface area contributed by atoms with Crippen LogP contribution in [0.15, 0.2) is 72.3 Å². The van der Waals surface area contributed by atoms with Crippen molar-refractivity contribution in [2.24, 2.45) is 0 Å². The maximum atomic E-state index is 2.43. The fraction of sp³-hybridized carbons (Fsp3) is 0.241. The molecule has 0 heteroatoms. The first kappa shape index (κ1) is 19.5. The molecular weight excluding hydrogens is 348 g/mol. The highest BCUT2D eigenvalue weighted by Crippen LogP contribution is 2.38. The molecule has 0 spiro atoms. The normalized spacial score (nSPS) is 14.2. The monoisotopic (exact) mass is 378 g/mol. The zero-order chi connectivity index (χ0) is 20.5. The van der Waals surface area contributed by atoms with Crippen LogP contribution in [-0.2, 0) is 0 Å². The Morgan fingerprint density at radius 2 is 1.34 bits per heavy atom. The highest BCUT2D eigenvalue weighted by atomic mass is 14.2. The zero-order valence-electron chi connectivity index (χ0n) is 18.3. The summed E-state index contributed by atoms with van der Waals surface area (Å²) in [5, 5.41) is 0. The predicted octanol–water partition coefficient (Wildman–Crippen LogP) is 8.24. The molecule has 0 saturated heterocycles. The average molecular weight is 379 g/mol. The second-order valence-electron chi connectivity index (χ2n) is 8.53. The molecule has 0 unspecified atom stereocenters. The van der Waals surface area contributed by atoms with Crippen LogP contribution < -0.4 is 0 Å². The molecule has 0 nitrogen and oxygen atoms in total.